The summed E-state index contributed by atoms with van der Waals surface area (Å²) in [6.07, 6.45) is 3.45. The van der Waals surface area contributed by atoms with Gasteiger partial charge in [-0.3, -0.25) is 9.48 Å². The first-order valence-electron chi connectivity index (χ1n) is 9.86. The molecule has 2 aromatic heterocycles. The molecule has 1 saturated heterocycles. The van der Waals surface area contributed by atoms with Crippen LogP contribution in [0.15, 0.2) is 29.1 Å². The van der Waals surface area contributed by atoms with Crippen molar-refractivity contribution < 1.29 is 4.74 Å². The SMILES string of the molecule is C[C@@H]1CC1Oc1ccc(-c2nn([C@@H]3CCCNC3)c3c(=O)[nH]nc(N)c23)cc1. The number of piperidine rings is 1. The van der Waals surface area contributed by atoms with Crippen molar-refractivity contribution in [2.75, 3.05) is 18.8 Å². The van der Waals surface area contributed by atoms with Crippen LogP contribution < -0.4 is 21.3 Å². The van der Waals surface area contributed by atoms with Gasteiger partial charge in [0.05, 0.1) is 11.4 Å². The van der Waals surface area contributed by atoms with Crippen LogP contribution >= 0.6 is 0 Å². The van der Waals surface area contributed by atoms with Gasteiger partial charge in [-0.2, -0.15) is 10.2 Å². The normalized spacial score (nSPS) is 24.4. The summed E-state index contributed by atoms with van der Waals surface area (Å²) in [7, 11) is 0. The Morgan fingerprint density at radius 3 is 2.75 bits per heavy atom. The average Bonchev–Trinajstić information content (AvgIpc) is 3.25. The Labute approximate surface area is 162 Å². The van der Waals surface area contributed by atoms with Crippen LogP contribution in [0.25, 0.3) is 22.2 Å². The third kappa shape index (κ3) is 2.93. The minimum atomic E-state index is -0.267. The van der Waals surface area contributed by atoms with Gasteiger partial charge in [-0.05, 0) is 56.0 Å². The molecule has 1 aromatic carbocycles. The van der Waals surface area contributed by atoms with E-state index in [1.807, 2.05) is 28.9 Å². The molecule has 0 amide bonds. The number of fused-ring (bicyclic) bond motifs is 1. The van der Waals surface area contributed by atoms with Gasteiger partial charge >= 0.3 is 0 Å². The van der Waals surface area contributed by atoms with Crippen molar-refractivity contribution in [3.63, 3.8) is 0 Å². The fourth-order valence-corrected chi connectivity index (χ4v) is 3.94. The number of hydrogen-bond donors (Lipinski definition) is 3. The van der Waals surface area contributed by atoms with Crippen molar-refractivity contribution in [1.29, 1.82) is 0 Å². The maximum Gasteiger partial charge on any atom is 0.290 e. The summed E-state index contributed by atoms with van der Waals surface area (Å²) in [6, 6.07) is 7.95. The number of aromatic nitrogens is 4. The Bertz CT molecular complexity index is 1060. The van der Waals surface area contributed by atoms with Crippen LogP contribution in [0.4, 0.5) is 5.82 Å². The van der Waals surface area contributed by atoms with E-state index in [1.54, 1.807) is 0 Å². The van der Waals surface area contributed by atoms with Crippen LogP contribution in [0.5, 0.6) is 5.75 Å². The molecule has 1 aliphatic carbocycles. The molecule has 8 heteroatoms. The van der Waals surface area contributed by atoms with Crippen LogP contribution in [-0.4, -0.2) is 39.2 Å². The van der Waals surface area contributed by atoms with Gasteiger partial charge in [-0.1, -0.05) is 6.92 Å². The molecule has 1 saturated carbocycles. The highest BCUT2D eigenvalue weighted by molar-refractivity contribution is 5.99. The highest BCUT2D eigenvalue weighted by atomic mass is 16.5. The van der Waals surface area contributed by atoms with Crippen molar-refractivity contribution in [3.8, 4) is 17.0 Å². The Morgan fingerprint density at radius 2 is 2.07 bits per heavy atom. The monoisotopic (exact) mass is 380 g/mol. The van der Waals surface area contributed by atoms with Gasteiger partial charge < -0.3 is 15.8 Å². The zero-order chi connectivity index (χ0) is 19.3. The van der Waals surface area contributed by atoms with E-state index in [1.165, 1.54) is 0 Å². The number of nitrogens with one attached hydrogen (secondary N) is 2. The Balaban J connectivity index is 1.59. The van der Waals surface area contributed by atoms with Gasteiger partial charge in [0.15, 0.2) is 5.82 Å². The first kappa shape index (κ1) is 17.2. The summed E-state index contributed by atoms with van der Waals surface area (Å²) < 4.78 is 7.76. The van der Waals surface area contributed by atoms with Crippen LogP contribution in [-0.2, 0) is 0 Å². The molecule has 4 N–H and O–H groups in total. The third-order valence-electron chi connectivity index (χ3n) is 5.73. The van der Waals surface area contributed by atoms with Crippen molar-refractivity contribution in [1.82, 2.24) is 25.3 Å². The number of nitrogens with two attached hydrogens (primary N) is 1. The number of nitrogen functional groups attached to an aromatic ring is 1. The lowest BCUT2D eigenvalue weighted by atomic mass is 10.1. The van der Waals surface area contributed by atoms with E-state index in [4.69, 9.17) is 15.6 Å². The van der Waals surface area contributed by atoms with Gasteiger partial charge in [-0.15, -0.1) is 0 Å². The molecule has 2 aliphatic rings. The van der Waals surface area contributed by atoms with E-state index in [2.05, 4.69) is 22.4 Å². The van der Waals surface area contributed by atoms with Crippen molar-refractivity contribution >= 4 is 16.7 Å². The maximum atomic E-state index is 12.6. The quantitative estimate of drug-likeness (QED) is 0.639. The molecule has 3 heterocycles. The fraction of sp³-hybridized carbons (Fsp3) is 0.450. The average molecular weight is 380 g/mol. The van der Waals surface area contributed by atoms with Gasteiger partial charge in [0, 0.05) is 12.1 Å². The van der Waals surface area contributed by atoms with E-state index in [9.17, 15) is 4.79 Å². The summed E-state index contributed by atoms with van der Waals surface area (Å²) in [5, 5.41) is 15.3. The highest BCUT2D eigenvalue weighted by Crippen LogP contribution is 2.36. The van der Waals surface area contributed by atoms with Crippen molar-refractivity contribution in [2.24, 2.45) is 5.92 Å². The van der Waals surface area contributed by atoms with Gasteiger partial charge in [-0.25, -0.2) is 5.10 Å². The molecule has 0 bridgehead atoms. The number of hydrogen-bond acceptors (Lipinski definition) is 6. The number of nitrogens with zero attached hydrogens (tertiary/aromatic N) is 3. The van der Waals surface area contributed by atoms with Gasteiger partial charge in [0.2, 0.25) is 0 Å². The molecule has 3 atom stereocenters. The van der Waals surface area contributed by atoms with E-state index >= 15 is 0 Å². The molecule has 0 radical (unpaired) electrons. The molecular weight excluding hydrogens is 356 g/mol. The smallest absolute Gasteiger partial charge is 0.290 e. The molecule has 5 rings (SSSR count). The number of rotatable bonds is 4. The van der Waals surface area contributed by atoms with Crippen LogP contribution in [0.1, 0.15) is 32.2 Å². The molecule has 146 valence electrons. The lowest BCUT2D eigenvalue weighted by Crippen LogP contribution is -2.33. The zero-order valence-corrected chi connectivity index (χ0v) is 15.8. The fourth-order valence-electron chi connectivity index (χ4n) is 3.94. The maximum absolute atomic E-state index is 12.6. The lowest BCUT2D eigenvalue weighted by molar-refractivity contribution is 0.288. The van der Waals surface area contributed by atoms with E-state index in [-0.39, 0.29) is 17.4 Å². The molecule has 0 spiro atoms. The second-order valence-electron chi connectivity index (χ2n) is 7.85. The summed E-state index contributed by atoms with van der Waals surface area (Å²) in [6.45, 7) is 3.96. The Kier molecular flexibility index (Phi) is 4.08. The topological polar surface area (TPSA) is 111 Å². The van der Waals surface area contributed by atoms with Crippen LogP contribution in [0.3, 0.4) is 0 Å². The Hall–Kier alpha value is -2.87. The molecule has 8 nitrogen and oxygen atoms in total. The summed E-state index contributed by atoms with van der Waals surface area (Å²) >= 11 is 0. The van der Waals surface area contributed by atoms with E-state index in [0.29, 0.717) is 28.6 Å². The summed E-state index contributed by atoms with van der Waals surface area (Å²) in [5.41, 5.74) is 7.95. The lowest BCUT2D eigenvalue weighted by Gasteiger charge is -2.23. The minimum absolute atomic E-state index is 0.117. The molecular formula is C20H24N6O2. The van der Waals surface area contributed by atoms with Gasteiger partial charge in [0.25, 0.3) is 5.56 Å². The van der Waals surface area contributed by atoms with Crippen LogP contribution in [0.2, 0.25) is 0 Å². The molecule has 28 heavy (non-hydrogen) atoms. The number of anilines is 1. The first-order chi connectivity index (χ1) is 13.6. The van der Waals surface area contributed by atoms with Gasteiger partial charge in [0.1, 0.15) is 23.1 Å². The van der Waals surface area contributed by atoms with E-state index in [0.717, 1.165) is 43.7 Å². The minimum Gasteiger partial charge on any atom is -0.490 e. The Morgan fingerprint density at radius 1 is 1.29 bits per heavy atom. The summed E-state index contributed by atoms with van der Waals surface area (Å²) in [5.74, 6) is 1.76. The standard InChI is InChI=1S/C20H24N6O2/c1-11-9-15(11)28-14-6-4-12(5-7-14)17-16-18(20(27)24-23-19(16)21)26(25-17)13-3-2-8-22-10-13/h4-7,11,13,15,22H,2-3,8-10H2,1H3,(H2,21,23)(H,24,27)/t11-,13-,15?/m1/s1. The zero-order valence-electron chi connectivity index (χ0n) is 15.8. The molecule has 1 unspecified atom stereocenters. The predicted octanol–water partition coefficient (Wildman–Crippen LogP) is 2.08. The molecule has 3 aromatic rings. The highest BCUT2D eigenvalue weighted by Gasteiger charge is 2.35. The third-order valence-corrected chi connectivity index (χ3v) is 5.73. The van der Waals surface area contributed by atoms with Crippen molar-refractivity contribution in [2.45, 2.75) is 38.3 Å². The van der Waals surface area contributed by atoms with E-state index < -0.39 is 0 Å². The number of aromatic amines is 1. The second kappa shape index (κ2) is 6.63. The summed E-state index contributed by atoms with van der Waals surface area (Å²) in [4.78, 5) is 12.6. The van der Waals surface area contributed by atoms with Crippen molar-refractivity contribution in [3.05, 3.63) is 34.6 Å². The molecule has 2 fully saturated rings. The predicted molar refractivity (Wildman–Crippen MR) is 107 cm³/mol. The first-order valence-corrected chi connectivity index (χ1v) is 9.86. The number of ether oxygens (including phenoxy) is 1. The second-order valence-corrected chi connectivity index (χ2v) is 7.85. The number of benzene rings is 1. The van der Waals surface area contributed by atoms with Crippen LogP contribution in [0, 0.1) is 5.92 Å². The molecule has 1 aliphatic heterocycles. The number of H-pyrrole nitrogens is 1. The largest absolute Gasteiger partial charge is 0.490 e.